The molecule has 1 heterocycles. The first-order chi connectivity index (χ1) is 7.26. The molecule has 0 aromatic heterocycles. The Kier molecular flexibility index (Phi) is 2.82. The van der Waals surface area contributed by atoms with Gasteiger partial charge in [0.25, 0.3) is 0 Å². The predicted octanol–water partition coefficient (Wildman–Crippen LogP) is 1.64. The summed E-state index contributed by atoms with van der Waals surface area (Å²) in [4.78, 5) is 0. The van der Waals surface area contributed by atoms with Gasteiger partial charge in [-0.2, -0.15) is 0 Å². The van der Waals surface area contributed by atoms with Crippen LogP contribution in [0.25, 0.3) is 0 Å². The second-order valence-corrected chi connectivity index (χ2v) is 6.09. The molecule has 4 nitrogen and oxygen atoms in total. The zero-order valence-electron chi connectivity index (χ0n) is 10.9. The third-order valence-corrected chi connectivity index (χ3v) is 3.15. The monoisotopic (exact) mass is 229 g/mol. The smallest absolute Gasteiger partial charge is 0.224 e. The number of hydrogen-bond acceptors (Lipinski definition) is 4. The van der Waals surface area contributed by atoms with Crippen molar-refractivity contribution >= 4 is 0 Å². The highest BCUT2D eigenvalue weighted by atomic mass is 16.7. The van der Waals surface area contributed by atoms with Crippen LogP contribution in [0.5, 0.6) is 0 Å². The van der Waals surface area contributed by atoms with Crippen molar-refractivity contribution < 1.29 is 14.2 Å². The highest BCUT2D eigenvalue weighted by Gasteiger charge is 2.56. The van der Waals surface area contributed by atoms with Crippen molar-refractivity contribution in [2.24, 2.45) is 0 Å². The van der Waals surface area contributed by atoms with Crippen molar-refractivity contribution in [1.82, 2.24) is 5.32 Å². The first-order valence-electron chi connectivity index (χ1n) is 5.93. The summed E-state index contributed by atoms with van der Waals surface area (Å²) in [5, 5.41) is 3.41. The van der Waals surface area contributed by atoms with E-state index >= 15 is 0 Å². The summed E-state index contributed by atoms with van der Waals surface area (Å²) < 4.78 is 16.7. The van der Waals surface area contributed by atoms with Gasteiger partial charge in [0.15, 0.2) is 0 Å². The van der Waals surface area contributed by atoms with Crippen LogP contribution in [0.4, 0.5) is 0 Å². The minimum absolute atomic E-state index is 0.216. The molecule has 0 radical (unpaired) electrons. The summed E-state index contributed by atoms with van der Waals surface area (Å²) in [7, 11) is 1.67. The van der Waals surface area contributed by atoms with E-state index in [1.807, 2.05) is 27.7 Å². The largest absolute Gasteiger partial charge is 0.369 e. The second kappa shape index (κ2) is 3.67. The molecule has 0 amide bonds. The summed E-state index contributed by atoms with van der Waals surface area (Å²) in [6.45, 7) is 8.93. The summed E-state index contributed by atoms with van der Waals surface area (Å²) in [5.41, 5.74) is -0.0106. The van der Waals surface area contributed by atoms with Gasteiger partial charge in [-0.25, -0.2) is 0 Å². The van der Waals surface area contributed by atoms with Crippen molar-refractivity contribution in [2.75, 3.05) is 13.7 Å². The van der Waals surface area contributed by atoms with E-state index in [0.29, 0.717) is 6.04 Å². The molecule has 0 aromatic carbocycles. The Hall–Kier alpha value is -0.160. The van der Waals surface area contributed by atoms with E-state index in [-0.39, 0.29) is 11.2 Å². The van der Waals surface area contributed by atoms with E-state index in [1.165, 1.54) is 0 Å². The molecule has 0 aromatic rings. The number of nitrogens with one attached hydrogen (secondary N) is 1. The lowest BCUT2D eigenvalue weighted by molar-refractivity contribution is -0.280. The van der Waals surface area contributed by atoms with Gasteiger partial charge in [-0.1, -0.05) is 0 Å². The van der Waals surface area contributed by atoms with Crippen LogP contribution in [0, 0.1) is 0 Å². The van der Waals surface area contributed by atoms with Gasteiger partial charge >= 0.3 is 0 Å². The summed E-state index contributed by atoms with van der Waals surface area (Å²) in [6.07, 6.45) is 2.14. The topological polar surface area (TPSA) is 43.0 Å². The van der Waals surface area contributed by atoms with E-state index in [2.05, 4.69) is 5.32 Å². The molecule has 2 aliphatic rings. The number of hydrogen-bond donors (Lipinski definition) is 1. The van der Waals surface area contributed by atoms with Crippen LogP contribution in [-0.4, -0.2) is 36.9 Å². The molecule has 1 aliphatic heterocycles. The van der Waals surface area contributed by atoms with Crippen molar-refractivity contribution in [3.63, 3.8) is 0 Å². The predicted molar refractivity (Wildman–Crippen MR) is 61.1 cm³/mol. The van der Waals surface area contributed by atoms with Crippen LogP contribution in [-0.2, 0) is 14.2 Å². The third-order valence-electron chi connectivity index (χ3n) is 3.15. The van der Waals surface area contributed by atoms with Crippen LogP contribution in [0.3, 0.4) is 0 Å². The Labute approximate surface area is 97.6 Å². The molecule has 1 unspecified atom stereocenters. The zero-order valence-corrected chi connectivity index (χ0v) is 10.9. The maximum atomic E-state index is 5.90. The van der Waals surface area contributed by atoms with Gasteiger partial charge < -0.3 is 14.2 Å². The lowest BCUT2D eigenvalue weighted by Crippen LogP contribution is -2.59. The van der Waals surface area contributed by atoms with Crippen molar-refractivity contribution in [3.8, 4) is 0 Å². The molecule has 2 rings (SSSR count). The maximum absolute atomic E-state index is 5.90. The normalized spacial score (nSPS) is 36.9. The third kappa shape index (κ3) is 2.74. The average molecular weight is 229 g/mol. The fourth-order valence-corrected chi connectivity index (χ4v) is 2.36. The number of ether oxygens (including phenoxy) is 3. The Balaban J connectivity index is 1.84. The van der Waals surface area contributed by atoms with Gasteiger partial charge in [-0.05, 0) is 33.6 Å². The van der Waals surface area contributed by atoms with E-state index in [4.69, 9.17) is 14.2 Å². The summed E-state index contributed by atoms with van der Waals surface area (Å²) >= 11 is 0. The van der Waals surface area contributed by atoms with Gasteiger partial charge in [-0.3, -0.25) is 5.32 Å². The highest BCUT2D eigenvalue weighted by Crippen LogP contribution is 2.46. The Morgan fingerprint density at radius 3 is 2.19 bits per heavy atom. The number of rotatable bonds is 4. The van der Waals surface area contributed by atoms with Crippen molar-refractivity contribution in [3.05, 3.63) is 0 Å². The molecule has 16 heavy (non-hydrogen) atoms. The highest BCUT2D eigenvalue weighted by molar-refractivity contribution is 5.08. The molecular weight excluding hydrogens is 206 g/mol. The van der Waals surface area contributed by atoms with Gasteiger partial charge in [-0.15, -0.1) is 0 Å². The van der Waals surface area contributed by atoms with Gasteiger partial charge in [0.2, 0.25) is 5.91 Å². The molecule has 1 aliphatic carbocycles. The van der Waals surface area contributed by atoms with Crippen LogP contribution in [0.1, 0.15) is 40.5 Å². The molecule has 1 spiro atoms. The van der Waals surface area contributed by atoms with Crippen LogP contribution in [0.15, 0.2) is 0 Å². The van der Waals surface area contributed by atoms with E-state index in [9.17, 15) is 0 Å². The maximum Gasteiger partial charge on any atom is 0.224 e. The molecule has 1 atom stereocenters. The quantitative estimate of drug-likeness (QED) is 0.588. The van der Waals surface area contributed by atoms with Gasteiger partial charge in [0.1, 0.15) is 0 Å². The van der Waals surface area contributed by atoms with E-state index < -0.39 is 5.91 Å². The molecule has 4 heteroatoms. The van der Waals surface area contributed by atoms with E-state index in [1.54, 1.807) is 7.11 Å². The molecular formula is C12H23NO3. The number of epoxide rings is 1. The molecule has 1 N–H and O–H groups in total. The van der Waals surface area contributed by atoms with Crippen molar-refractivity contribution in [2.45, 2.75) is 63.7 Å². The minimum Gasteiger partial charge on any atom is -0.369 e. The fraction of sp³-hybridized carbons (Fsp3) is 1.00. The molecule has 94 valence electrons. The minimum atomic E-state index is -0.709. The van der Waals surface area contributed by atoms with Crippen molar-refractivity contribution in [1.29, 1.82) is 0 Å². The Morgan fingerprint density at radius 2 is 1.81 bits per heavy atom. The molecule has 1 saturated carbocycles. The lowest BCUT2D eigenvalue weighted by Gasteiger charge is -2.43. The molecule has 2 fully saturated rings. The average Bonchev–Trinajstić information content (AvgIpc) is 2.80. The SMILES string of the molecule is COC(C)(NC1CC2(CO2)C1)OC(C)(C)C. The van der Waals surface area contributed by atoms with Crippen LogP contribution >= 0.6 is 0 Å². The standard InChI is InChI=1S/C12H23NO3/c1-10(2,3)16-11(4,14-5)13-9-6-12(7-9)8-15-12/h9,13H,6-8H2,1-5H3. The Morgan fingerprint density at radius 1 is 1.25 bits per heavy atom. The Bertz CT molecular complexity index is 262. The molecule has 0 bridgehead atoms. The fourth-order valence-electron chi connectivity index (χ4n) is 2.36. The number of methoxy groups -OCH3 is 1. The van der Waals surface area contributed by atoms with Gasteiger partial charge in [0, 0.05) is 20.1 Å². The van der Waals surface area contributed by atoms with Gasteiger partial charge in [0.05, 0.1) is 17.8 Å². The van der Waals surface area contributed by atoms with Crippen LogP contribution < -0.4 is 5.32 Å². The first kappa shape index (κ1) is 12.3. The zero-order chi connectivity index (χ0) is 12.0. The molecule has 1 saturated heterocycles. The second-order valence-electron chi connectivity index (χ2n) is 6.09. The van der Waals surface area contributed by atoms with Crippen LogP contribution in [0.2, 0.25) is 0 Å². The summed E-state index contributed by atoms with van der Waals surface area (Å²) in [5.74, 6) is -0.709. The van der Waals surface area contributed by atoms with E-state index in [0.717, 1.165) is 19.4 Å². The first-order valence-corrected chi connectivity index (χ1v) is 5.93. The summed E-state index contributed by atoms with van der Waals surface area (Å²) in [6, 6.07) is 0.440. The lowest BCUT2D eigenvalue weighted by atomic mass is 9.80.